The summed E-state index contributed by atoms with van der Waals surface area (Å²) < 4.78 is 15.5. The zero-order valence-electron chi connectivity index (χ0n) is 15.6. The molecule has 2 heterocycles. The van der Waals surface area contributed by atoms with Crippen LogP contribution in [-0.2, 0) is 0 Å². The van der Waals surface area contributed by atoms with E-state index in [4.69, 9.17) is 0 Å². The van der Waals surface area contributed by atoms with Crippen LogP contribution in [0.1, 0.15) is 53.6 Å². The van der Waals surface area contributed by atoms with E-state index in [2.05, 4.69) is 15.6 Å². The molecule has 1 fully saturated rings. The lowest BCUT2D eigenvalue weighted by Gasteiger charge is -2.32. The van der Waals surface area contributed by atoms with Crippen LogP contribution in [0.15, 0.2) is 30.5 Å². The van der Waals surface area contributed by atoms with Gasteiger partial charge >= 0.3 is 0 Å². The number of carbonyl (C=O) groups excluding carboxylic acids is 2. The van der Waals surface area contributed by atoms with E-state index in [1.807, 2.05) is 13.8 Å². The van der Waals surface area contributed by atoms with Crippen molar-refractivity contribution in [1.82, 2.24) is 25.2 Å². The number of rotatable bonds is 5. The average Bonchev–Trinajstić information content (AvgIpc) is 3.16. The third kappa shape index (κ3) is 4.50. The first kappa shape index (κ1) is 19.0. The van der Waals surface area contributed by atoms with Crippen LogP contribution in [0, 0.1) is 11.7 Å². The lowest BCUT2D eigenvalue weighted by Crippen LogP contribution is -2.41. The van der Waals surface area contributed by atoms with Gasteiger partial charge in [-0.05, 0) is 30.9 Å². The maximum atomic E-state index is 13.9. The summed E-state index contributed by atoms with van der Waals surface area (Å²) >= 11 is 0. The number of nitrogens with one attached hydrogen (secondary N) is 1. The van der Waals surface area contributed by atoms with Crippen LogP contribution in [0.25, 0.3) is 0 Å². The molecule has 7 nitrogen and oxygen atoms in total. The van der Waals surface area contributed by atoms with Crippen LogP contribution in [-0.4, -0.2) is 51.3 Å². The number of benzene rings is 1. The first-order valence-corrected chi connectivity index (χ1v) is 9.19. The van der Waals surface area contributed by atoms with Gasteiger partial charge in [0.1, 0.15) is 5.82 Å². The maximum Gasteiger partial charge on any atom is 0.273 e. The second kappa shape index (κ2) is 8.28. The average molecular weight is 373 g/mol. The summed E-state index contributed by atoms with van der Waals surface area (Å²) in [6.45, 7) is 5.57. The van der Waals surface area contributed by atoms with Gasteiger partial charge in [0.15, 0.2) is 5.69 Å². The molecule has 1 aromatic carbocycles. The smallest absolute Gasteiger partial charge is 0.273 e. The number of carbonyl (C=O) groups is 2. The van der Waals surface area contributed by atoms with Crippen molar-refractivity contribution < 1.29 is 14.0 Å². The quantitative estimate of drug-likeness (QED) is 0.872. The Hall–Kier alpha value is -2.77. The van der Waals surface area contributed by atoms with Crippen LogP contribution >= 0.6 is 0 Å². The van der Waals surface area contributed by atoms with Gasteiger partial charge in [-0.2, -0.15) is 0 Å². The Morgan fingerprint density at radius 3 is 2.85 bits per heavy atom. The van der Waals surface area contributed by atoms with Gasteiger partial charge in [0.05, 0.1) is 17.8 Å². The Morgan fingerprint density at radius 2 is 2.11 bits per heavy atom. The molecular weight excluding hydrogens is 349 g/mol. The van der Waals surface area contributed by atoms with Crippen LogP contribution in [0.5, 0.6) is 0 Å². The van der Waals surface area contributed by atoms with Crippen molar-refractivity contribution in [2.45, 2.75) is 32.7 Å². The lowest BCUT2D eigenvalue weighted by molar-refractivity contribution is 0.0666. The summed E-state index contributed by atoms with van der Waals surface area (Å²) in [5, 5.41) is 10.8. The molecule has 2 aromatic rings. The maximum absolute atomic E-state index is 13.9. The van der Waals surface area contributed by atoms with Gasteiger partial charge in [-0.3, -0.25) is 9.59 Å². The van der Waals surface area contributed by atoms with Gasteiger partial charge < -0.3 is 10.2 Å². The predicted octanol–water partition coefficient (Wildman–Crippen LogP) is 2.28. The second-order valence-electron chi connectivity index (χ2n) is 7.21. The third-order valence-corrected chi connectivity index (χ3v) is 4.58. The fraction of sp³-hybridized carbons (Fsp3) is 0.474. The van der Waals surface area contributed by atoms with E-state index in [1.165, 1.54) is 12.1 Å². The summed E-state index contributed by atoms with van der Waals surface area (Å²) in [5.41, 5.74) is 0.332. The fourth-order valence-electron chi connectivity index (χ4n) is 3.11. The van der Waals surface area contributed by atoms with Crippen molar-refractivity contribution in [3.8, 4) is 0 Å². The monoisotopic (exact) mass is 373 g/mol. The summed E-state index contributed by atoms with van der Waals surface area (Å²) in [7, 11) is 0. The Bertz CT molecular complexity index is 820. The number of piperidine rings is 1. The van der Waals surface area contributed by atoms with Gasteiger partial charge in [0.25, 0.3) is 11.8 Å². The normalized spacial score (nSPS) is 17.2. The molecule has 1 aliphatic rings. The highest BCUT2D eigenvalue weighted by atomic mass is 19.1. The Morgan fingerprint density at radius 1 is 1.33 bits per heavy atom. The van der Waals surface area contributed by atoms with E-state index in [0.29, 0.717) is 25.6 Å². The van der Waals surface area contributed by atoms with E-state index in [0.717, 1.165) is 12.8 Å². The highest BCUT2D eigenvalue weighted by Crippen LogP contribution is 2.23. The molecule has 2 amide bonds. The molecule has 0 saturated carbocycles. The van der Waals surface area contributed by atoms with Crippen molar-refractivity contribution in [3.63, 3.8) is 0 Å². The molecule has 1 aliphatic heterocycles. The number of aromatic nitrogens is 3. The number of likely N-dealkylation sites (tertiary alicyclic amines) is 1. The highest BCUT2D eigenvalue weighted by Gasteiger charge is 2.28. The first-order chi connectivity index (χ1) is 13.0. The number of halogens is 1. The number of amides is 2. The minimum absolute atomic E-state index is 0.0745. The Balaban J connectivity index is 1.67. The van der Waals surface area contributed by atoms with E-state index in [1.54, 1.807) is 27.9 Å². The molecule has 8 heteroatoms. The second-order valence-corrected chi connectivity index (χ2v) is 7.21. The van der Waals surface area contributed by atoms with Crippen molar-refractivity contribution in [1.29, 1.82) is 0 Å². The molecule has 0 radical (unpaired) electrons. The van der Waals surface area contributed by atoms with E-state index >= 15 is 0 Å². The van der Waals surface area contributed by atoms with Gasteiger partial charge in [0, 0.05) is 19.6 Å². The Labute approximate surface area is 157 Å². The lowest BCUT2D eigenvalue weighted by atomic mass is 10.0. The summed E-state index contributed by atoms with van der Waals surface area (Å²) in [4.78, 5) is 26.4. The number of nitrogens with zero attached hydrogens (tertiary/aromatic N) is 4. The van der Waals surface area contributed by atoms with Crippen molar-refractivity contribution in [3.05, 3.63) is 47.5 Å². The van der Waals surface area contributed by atoms with E-state index in [-0.39, 0.29) is 29.1 Å². The minimum atomic E-state index is -0.519. The molecule has 0 unspecified atom stereocenters. The molecular formula is C19H24FN5O2. The summed E-state index contributed by atoms with van der Waals surface area (Å²) in [6.07, 6.45) is 3.20. The molecule has 0 bridgehead atoms. The van der Waals surface area contributed by atoms with Crippen LogP contribution in [0.2, 0.25) is 0 Å². The van der Waals surface area contributed by atoms with Gasteiger partial charge in [-0.25, -0.2) is 9.07 Å². The zero-order valence-corrected chi connectivity index (χ0v) is 15.6. The zero-order chi connectivity index (χ0) is 19.4. The van der Waals surface area contributed by atoms with E-state index in [9.17, 15) is 14.0 Å². The molecule has 0 aliphatic carbocycles. The van der Waals surface area contributed by atoms with E-state index < -0.39 is 5.82 Å². The highest BCUT2D eigenvalue weighted by molar-refractivity contribution is 5.94. The summed E-state index contributed by atoms with van der Waals surface area (Å²) in [5.74, 6) is -0.757. The van der Waals surface area contributed by atoms with Gasteiger partial charge in [-0.1, -0.05) is 31.2 Å². The first-order valence-electron chi connectivity index (χ1n) is 9.19. The molecule has 0 spiro atoms. The molecule has 1 N–H and O–H groups in total. The van der Waals surface area contributed by atoms with Crippen molar-refractivity contribution in [2.24, 2.45) is 5.92 Å². The standard InChI is InChI=1S/C19H24FN5O2/c1-13(2)10-21-18(26)17-12-25(23-22-17)14-6-5-9-24(11-14)19(27)15-7-3-4-8-16(15)20/h3-4,7-8,12-14H,5-6,9-11H2,1-2H3,(H,21,26)/t14-/m0/s1. The van der Waals surface area contributed by atoms with Gasteiger partial charge in [-0.15, -0.1) is 5.10 Å². The van der Waals surface area contributed by atoms with Gasteiger partial charge in [0.2, 0.25) is 0 Å². The largest absolute Gasteiger partial charge is 0.350 e. The number of hydrogen-bond donors (Lipinski definition) is 1. The SMILES string of the molecule is CC(C)CNC(=O)c1cn([C@H]2CCCN(C(=O)c3ccccc3F)C2)nn1. The molecule has 1 saturated heterocycles. The van der Waals surface area contributed by atoms with Crippen molar-refractivity contribution >= 4 is 11.8 Å². The van der Waals surface area contributed by atoms with Crippen LogP contribution in [0.3, 0.4) is 0 Å². The topological polar surface area (TPSA) is 80.1 Å². The van der Waals surface area contributed by atoms with Crippen LogP contribution in [0.4, 0.5) is 4.39 Å². The molecule has 144 valence electrons. The van der Waals surface area contributed by atoms with Crippen molar-refractivity contribution in [2.75, 3.05) is 19.6 Å². The molecule has 1 aromatic heterocycles. The number of hydrogen-bond acceptors (Lipinski definition) is 4. The predicted molar refractivity (Wildman–Crippen MR) is 97.8 cm³/mol. The molecule has 3 rings (SSSR count). The summed E-state index contributed by atoms with van der Waals surface area (Å²) in [6, 6.07) is 5.90. The minimum Gasteiger partial charge on any atom is -0.350 e. The molecule has 1 atom stereocenters. The van der Waals surface area contributed by atoms with Crippen LogP contribution < -0.4 is 5.32 Å². The molecule has 27 heavy (non-hydrogen) atoms. The third-order valence-electron chi connectivity index (χ3n) is 4.58. The Kier molecular flexibility index (Phi) is 5.83. The fourth-order valence-corrected chi connectivity index (χ4v) is 3.11.